The van der Waals surface area contributed by atoms with Crippen molar-refractivity contribution in [3.63, 3.8) is 0 Å². The first-order chi connectivity index (χ1) is 19.0. The highest BCUT2D eigenvalue weighted by molar-refractivity contribution is 5.75. The second-order valence-electron chi connectivity index (χ2n) is 10.3. The zero-order valence-electron chi connectivity index (χ0n) is 22.3. The van der Waals surface area contributed by atoms with Crippen LogP contribution < -0.4 is 16.2 Å². The molecule has 218 valence electrons. The quantitative estimate of drug-likeness (QED) is 0.411. The van der Waals surface area contributed by atoms with Crippen molar-refractivity contribution in [2.75, 3.05) is 50.8 Å². The number of fused-ring (bicyclic) bond motifs is 1. The number of pyridine rings is 1. The first-order valence-electron chi connectivity index (χ1n) is 13.3. The van der Waals surface area contributed by atoms with Crippen molar-refractivity contribution in [1.82, 2.24) is 14.4 Å². The highest BCUT2D eigenvalue weighted by Gasteiger charge is 2.34. The summed E-state index contributed by atoms with van der Waals surface area (Å²) in [5, 5.41) is 0. The summed E-state index contributed by atoms with van der Waals surface area (Å²) in [5.74, 6) is -0.723. The van der Waals surface area contributed by atoms with E-state index in [-0.39, 0.29) is 31.1 Å². The van der Waals surface area contributed by atoms with E-state index in [0.29, 0.717) is 31.4 Å². The van der Waals surface area contributed by atoms with Gasteiger partial charge in [-0.1, -0.05) is 6.08 Å². The molecule has 1 amide bonds. The minimum absolute atomic E-state index is 0.0373. The number of carbonyl (C=O) groups is 1. The Labute approximate surface area is 230 Å². The Morgan fingerprint density at radius 2 is 1.82 bits per heavy atom. The van der Waals surface area contributed by atoms with Crippen molar-refractivity contribution in [2.24, 2.45) is 5.73 Å². The maximum absolute atomic E-state index is 13.0. The predicted octanol–water partition coefficient (Wildman–Crippen LogP) is 2.85. The summed E-state index contributed by atoms with van der Waals surface area (Å²) in [6, 6.07) is 8.94. The number of carbonyl (C=O) groups excluding carboxylic acids is 1. The van der Waals surface area contributed by atoms with Crippen LogP contribution >= 0.6 is 0 Å². The minimum Gasteiger partial charge on any atom is -0.373 e. The van der Waals surface area contributed by atoms with E-state index in [0.717, 1.165) is 44.4 Å². The maximum atomic E-state index is 13.0. The lowest BCUT2D eigenvalue weighted by molar-refractivity contribution is -0.138. The van der Waals surface area contributed by atoms with Crippen molar-refractivity contribution in [1.29, 1.82) is 0 Å². The molecule has 1 aromatic carbocycles. The molecule has 2 saturated heterocycles. The van der Waals surface area contributed by atoms with Crippen LogP contribution in [0.25, 0.3) is 0 Å². The van der Waals surface area contributed by atoms with Gasteiger partial charge in [-0.25, -0.2) is 4.39 Å². The van der Waals surface area contributed by atoms with Crippen LogP contribution in [-0.4, -0.2) is 78.3 Å². The van der Waals surface area contributed by atoms with Gasteiger partial charge in [0.1, 0.15) is 5.82 Å². The van der Waals surface area contributed by atoms with Gasteiger partial charge in [0, 0.05) is 69.3 Å². The number of hydrogen-bond acceptors (Lipinski definition) is 6. The van der Waals surface area contributed by atoms with Crippen LogP contribution in [0.4, 0.5) is 23.2 Å². The van der Waals surface area contributed by atoms with Crippen molar-refractivity contribution in [2.45, 2.75) is 44.3 Å². The number of ether oxygens (including phenoxy) is 1. The molecule has 0 aliphatic carbocycles. The summed E-state index contributed by atoms with van der Waals surface area (Å²) in [4.78, 5) is 28.9. The molecule has 0 saturated carbocycles. The third kappa shape index (κ3) is 7.70. The standard InChI is InChI=1S/C17H23FN2O.C11H12F3N3O2/c1-2-11-21-17-8-10-20(13-17)16-7-9-19(12-16)15-5-3-14(18)4-6-15;12-11(13,14)7-3-8-5-16(6-9(15)18)1-2-17(8)10(19)4-7/h2-6,16-17H,1,7-13H2;3-4H,1-2,5-6H2,(H2,15,18). The van der Waals surface area contributed by atoms with E-state index in [1.807, 2.05) is 18.2 Å². The molecular formula is C28H35F4N5O3. The lowest BCUT2D eigenvalue weighted by Gasteiger charge is -2.29. The molecular weight excluding hydrogens is 530 g/mol. The minimum atomic E-state index is -4.55. The topological polar surface area (TPSA) is 84.0 Å². The summed E-state index contributed by atoms with van der Waals surface area (Å²) in [7, 11) is 0. The van der Waals surface area contributed by atoms with Crippen molar-refractivity contribution < 1.29 is 27.1 Å². The zero-order chi connectivity index (χ0) is 28.9. The monoisotopic (exact) mass is 565 g/mol. The molecule has 0 radical (unpaired) electrons. The van der Waals surface area contributed by atoms with E-state index in [9.17, 15) is 27.2 Å². The largest absolute Gasteiger partial charge is 0.416 e. The zero-order valence-corrected chi connectivity index (χ0v) is 22.3. The van der Waals surface area contributed by atoms with Crippen LogP contribution in [0.15, 0.2) is 53.8 Å². The second kappa shape index (κ2) is 13.0. The number of hydrogen-bond donors (Lipinski definition) is 1. The average molecular weight is 566 g/mol. The van der Waals surface area contributed by atoms with Crippen LogP contribution in [0, 0.1) is 5.82 Å². The van der Waals surface area contributed by atoms with Gasteiger partial charge in [0.25, 0.3) is 5.56 Å². The third-order valence-electron chi connectivity index (χ3n) is 7.44. The molecule has 12 heteroatoms. The molecule has 0 bridgehead atoms. The van der Waals surface area contributed by atoms with Crippen LogP contribution in [0.1, 0.15) is 24.1 Å². The van der Waals surface area contributed by atoms with E-state index >= 15 is 0 Å². The number of nitrogens with zero attached hydrogens (tertiary/aromatic N) is 4. The SMILES string of the molecule is C=CCOC1CCN(C2CCN(c3ccc(F)cc3)C2)C1.NC(=O)CN1CCn2c(cc(C(F)(F)F)cc2=O)C1. The molecule has 3 aliphatic heterocycles. The van der Waals surface area contributed by atoms with Crippen LogP contribution in [0.3, 0.4) is 0 Å². The number of alkyl halides is 3. The number of rotatable bonds is 7. The third-order valence-corrected chi connectivity index (χ3v) is 7.44. The second-order valence-corrected chi connectivity index (χ2v) is 10.3. The van der Waals surface area contributed by atoms with Gasteiger partial charge in [0.05, 0.1) is 24.8 Å². The number of likely N-dealkylation sites (tertiary alicyclic amines) is 1. The molecule has 2 unspecified atom stereocenters. The Balaban J connectivity index is 0.000000186. The molecule has 0 spiro atoms. The summed E-state index contributed by atoms with van der Waals surface area (Å²) < 4.78 is 57.9. The van der Waals surface area contributed by atoms with Gasteiger partial charge in [-0.05, 0) is 43.2 Å². The van der Waals surface area contributed by atoms with Gasteiger partial charge >= 0.3 is 6.18 Å². The lowest BCUT2D eigenvalue weighted by Crippen LogP contribution is -2.42. The Bertz CT molecular complexity index is 1230. The molecule has 2 aromatic rings. The highest BCUT2D eigenvalue weighted by atomic mass is 19.4. The smallest absolute Gasteiger partial charge is 0.373 e. The molecule has 2 N–H and O–H groups in total. The first kappa shape index (κ1) is 29.8. The number of anilines is 1. The number of aromatic nitrogens is 1. The Morgan fingerprint density at radius 1 is 1.07 bits per heavy atom. The fraction of sp³-hybridized carbons (Fsp3) is 0.500. The summed E-state index contributed by atoms with van der Waals surface area (Å²) in [6.07, 6.45) is -0.107. The van der Waals surface area contributed by atoms with Gasteiger partial charge in [-0.15, -0.1) is 6.58 Å². The van der Waals surface area contributed by atoms with Gasteiger partial charge in [0.15, 0.2) is 0 Å². The van der Waals surface area contributed by atoms with Crippen LogP contribution in [0.5, 0.6) is 0 Å². The van der Waals surface area contributed by atoms with Crippen molar-refractivity contribution >= 4 is 11.6 Å². The molecule has 40 heavy (non-hydrogen) atoms. The highest BCUT2D eigenvalue weighted by Crippen LogP contribution is 2.29. The summed E-state index contributed by atoms with van der Waals surface area (Å²) in [6.45, 7) is 9.27. The molecule has 8 nitrogen and oxygen atoms in total. The van der Waals surface area contributed by atoms with E-state index in [2.05, 4.69) is 16.4 Å². The maximum Gasteiger partial charge on any atom is 0.416 e. The average Bonchev–Trinajstić information content (AvgIpc) is 3.57. The normalized spacial score (nSPS) is 21.6. The molecule has 2 atom stereocenters. The van der Waals surface area contributed by atoms with Gasteiger partial charge < -0.3 is 19.9 Å². The molecule has 1 aromatic heterocycles. The van der Waals surface area contributed by atoms with Gasteiger partial charge in [-0.2, -0.15) is 13.2 Å². The number of nitrogens with two attached hydrogens (primary N) is 1. The van der Waals surface area contributed by atoms with E-state index in [1.54, 1.807) is 4.90 Å². The van der Waals surface area contributed by atoms with Crippen LogP contribution in [0.2, 0.25) is 0 Å². The number of amides is 1. The van der Waals surface area contributed by atoms with E-state index in [1.165, 1.54) is 23.1 Å². The predicted molar refractivity (Wildman–Crippen MR) is 143 cm³/mol. The van der Waals surface area contributed by atoms with E-state index < -0.39 is 23.2 Å². The number of halogens is 4. The lowest BCUT2D eigenvalue weighted by atomic mass is 10.1. The fourth-order valence-corrected chi connectivity index (χ4v) is 5.46. The Kier molecular flexibility index (Phi) is 9.64. The van der Waals surface area contributed by atoms with Gasteiger partial charge in [0.2, 0.25) is 5.91 Å². The van der Waals surface area contributed by atoms with Crippen molar-refractivity contribution in [3.05, 3.63) is 76.5 Å². The first-order valence-corrected chi connectivity index (χ1v) is 13.3. The Hall–Kier alpha value is -3.22. The molecule has 2 fully saturated rings. The summed E-state index contributed by atoms with van der Waals surface area (Å²) in [5.41, 5.74) is 4.76. The van der Waals surface area contributed by atoms with E-state index in [4.69, 9.17) is 10.5 Å². The Morgan fingerprint density at radius 3 is 2.50 bits per heavy atom. The molecule has 4 heterocycles. The van der Waals surface area contributed by atoms with Crippen molar-refractivity contribution in [3.8, 4) is 0 Å². The van der Waals surface area contributed by atoms with Crippen LogP contribution in [-0.2, 0) is 28.8 Å². The number of benzene rings is 1. The fourth-order valence-electron chi connectivity index (χ4n) is 5.46. The summed E-state index contributed by atoms with van der Waals surface area (Å²) >= 11 is 0. The molecule has 5 rings (SSSR count). The molecule has 3 aliphatic rings. The number of primary amides is 1. The van der Waals surface area contributed by atoms with Gasteiger partial charge in [-0.3, -0.25) is 19.4 Å².